The first-order valence-electron chi connectivity index (χ1n) is 7.03. The molecule has 0 atom stereocenters. The molecule has 0 bridgehead atoms. The SMILES string of the molecule is Cc1cc(CSc2nnc3n(C)c(=O)c4ccccc4n23)on1. The predicted molar refractivity (Wildman–Crippen MR) is 86.5 cm³/mol. The van der Waals surface area contributed by atoms with Gasteiger partial charge in [-0.1, -0.05) is 29.1 Å². The van der Waals surface area contributed by atoms with Gasteiger partial charge in [0.05, 0.1) is 22.3 Å². The topological polar surface area (TPSA) is 78.2 Å². The molecule has 0 saturated carbocycles. The molecule has 0 unspecified atom stereocenters. The quantitative estimate of drug-likeness (QED) is 0.537. The molecule has 0 N–H and O–H groups in total. The highest BCUT2D eigenvalue weighted by Gasteiger charge is 2.15. The fraction of sp³-hybridized carbons (Fsp3) is 0.200. The Kier molecular flexibility index (Phi) is 3.19. The Morgan fingerprint density at radius 3 is 2.87 bits per heavy atom. The second-order valence-electron chi connectivity index (χ2n) is 5.22. The first kappa shape index (κ1) is 14.0. The number of nitrogens with zero attached hydrogens (tertiary/aromatic N) is 5. The average molecular weight is 327 g/mol. The van der Waals surface area contributed by atoms with Crippen molar-refractivity contribution >= 4 is 28.4 Å². The smallest absolute Gasteiger partial charge is 0.262 e. The lowest BCUT2D eigenvalue weighted by Crippen LogP contribution is -2.20. The summed E-state index contributed by atoms with van der Waals surface area (Å²) >= 11 is 1.49. The van der Waals surface area contributed by atoms with Crippen LogP contribution in [0.3, 0.4) is 0 Å². The van der Waals surface area contributed by atoms with Crippen molar-refractivity contribution in [1.29, 1.82) is 0 Å². The zero-order valence-electron chi connectivity index (χ0n) is 12.6. The Hall–Kier alpha value is -2.61. The minimum atomic E-state index is -0.0806. The van der Waals surface area contributed by atoms with Crippen LogP contribution in [0, 0.1) is 6.92 Å². The van der Waals surface area contributed by atoms with E-state index in [1.807, 2.05) is 41.7 Å². The molecule has 0 saturated heterocycles. The maximum atomic E-state index is 12.4. The number of benzene rings is 1. The molecule has 0 amide bonds. The second kappa shape index (κ2) is 5.24. The van der Waals surface area contributed by atoms with E-state index in [0.717, 1.165) is 17.0 Å². The molecule has 23 heavy (non-hydrogen) atoms. The van der Waals surface area contributed by atoms with Crippen LogP contribution in [0.15, 0.2) is 44.8 Å². The van der Waals surface area contributed by atoms with Gasteiger partial charge in [-0.3, -0.25) is 13.8 Å². The first-order valence-corrected chi connectivity index (χ1v) is 8.01. The highest BCUT2D eigenvalue weighted by molar-refractivity contribution is 7.98. The lowest BCUT2D eigenvalue weighted by atomic mass is 10.2. The lowest BCUT2D eigenvalue weighted by molar-refractivity contribution is 0.391. The molecule has 7 nitrogen and oxygen atoms in total. The average Bonchev–Trinajstić information content (AvgIpc) is 3.17. The van der Waals surface area contributed by atoms with Gasteiger partial charge in [-0.25, -0.2) is 0 Å². The van der Waals surface area contributed by atoms with Gasteiger partial charge in [0.25, 0.3) is 5.56 Å². The van der Waals surface area contributed by atoms with E-state index in [-0.39, 0.29) is 5.56 Å². The van der Waals surface area contributed by atoms with E-state index < -0.39 is 0 Å². The normalized spacial score (nSPS) is 11.6. The van der Waals surface area contributed by atoms with E-state index in [2.05, 4.69) is 15.4 Å². The van der Waals surface area contributed by atoms with Crippen LogP contribution in [0.5, 0.6) is 0 Å². The second-order valence-corrected chi connectivity index (χ2v) is 6.17. The van der Waals surface area contributed by atoms with Crippen molar-refractivity contribution in [3.63, 3.8) is 0 Å². The van der Waals surface area contributed by atoms with Crippen LogP contribution in [0.2, 0.25) is 0 Å². The van der Waals surface area contributed by atoms with Gasteiger partial charge < -0.3 is 4.52 Å². The number of rotatable bonds is 3. The van der Waals surface area contributed by atoms with Crippen LogP contribution in [-0.4, -0.2) is 24.3 Å². The van der Waals surface area contributed by atoms with Crippen LogP contribution >= 0.6 is 11.8 Å². The monoisotopic (exact) mass is 327 g/mol. The molecule has 0 radical (unpaired) electrons. The van der Waals surface area contributed by atoms with Gasteiger partial charge in [0, 0.05) is 13.1 Å². The molecule has 8 heteroatoms. The summed E-state index contributed by atoms with van der Waals surface area (Å²) in [6.45, 7) is 1.88. The van der Waals surface area contributed by atoms with Crippen LogP contribution in [-0.2, 0) is 12.8 Å². The minimum Gasteiger partial charge on any atom is -0.360 e. The molecule has 0 fully saturated rings. The van der Waals surface area contributed by atoms with Gasteiger partial charge in [0.2, 0.25) is 5.78 Å². The summed E-state index contributed by atoms with van der Waals surface area (Å²) in [6, 6.07) is 9.35. The fourth-order valence-electron chi connectivity index (χ4n) is 2.52. The number of para-hydroxylation sites is 1. The van der Waals surface area contributed by atoms with Gasteiger partial charge >= 0.3 is 0 Å². The minimum absolute atomic E-state index is 0.0806. The Bertz CT molecular complexity index is 1080. The van der Waals surface area contributed by atoms with Gasteiger partial charge in [0.15, 0.2) is 5.16 Å². The summed E-state index contributed by atoms with van der Waals surface area (Å²) in [4.78, 5) is 12.4. The van der Waals surface area contributed by atoms with Crippen molar-refractivity contribution in [2.24, 2.45) is 7.05 Å². The third-order valence-electron chi connectivity index (χ3n) is 3.62. The highest BCUT2D eigenvalue weighted by atomic mass is 32.2. The zero-order chi connectivity index (χ0) is 16.0. The molecule has 3 aromatic heterocycles. The summed E-state index contributed by atoms with van der Waals surface area (Å²) in [5, 5.41) is 13.6. The Morgan fingerprint density at radius 1 is 1.26 bits per heavy atom. The van der Waals surface area contributed by atoms with Gasteiger partial charge in [-0.15, -0.1) is 10.2 Å². The molecule has 0 aliphatic carbocycles. The van der Waals surface area contributed by atoms with E-state index in [1.54, 1.807) is 7.05 Å². The molecule has 0 spiro atoms. The van der Waals surface area contributed by atoms with Crippen molar-refractivity contribution in [1.82, 2.24) is 24.3 Å². The van der Waals surface area contributed by atoms with Gasteiger partial charge in [-0.2, -0.15) is 0 Å². The maximum Gasteiger partial charge on any atom is 0.262 e. The summed E-state index contributed by atoms with van der Waals surface area (Å²) in [7, 11) is 1.70. The number of aryl methyl sites for hydroxylation is 2. The highest BCUT2D eigenvalue weighted by Crippen LogP contribution is 2.24. The molecule has 116 valence electrons. The molecular weight excluding hydrogens is 314 g/mol. The van der Waals surface area contributed by atoms with Crippen molar-refractivity contribution < 1.29 is 4.52 Å². The molecular formula is C15H13N5O2S. The lowest BCUT2D eigenvalue weighted by Gasteiger charge is -2.06. The van der Waals surface area contributed by atoms with Crippen molar-refractivity contribution in [3.8, 4) is 0 Å². The van der Waals surface area contributed by atoms with Crippen molar-refractivity contribution in [2.45, 2.75) is 17.8 Å². The van der Waals surface area contributed by atoms with Crippen molar-refractivity contribution in [3.05, 3.63) is 52.1 Å². The largest absolute Gasteiger partial charge is 0.360 e. The van der Waals surface area contributed by atoms with Crippen LogP contribution in [0.4, 0.5) is 0 Å². The first-order chi connectivity index (χ1) is 11.1. The summed E-state index contributed by atoms with van der Waals surface area (Å²) in [6.07, 6.45) is 0. The molecule has 4 rings (SSSR count). The number of hydrogen-bond donors (Lipinski definition) is 0. The molecule has 0 aliphatic heterocycles. The Balaban J connectivity index is 1.86. The Morgan fingerprint density at radius 2 is 2.09 bits per heavy atom. The Labute approximate surface area is 134 Å². The van der Waals surface area contributed by atoms with Gasteiger partial charge in [-0.05, 0) is 19.1 Å². The standard InChI is InChI=1S/C15H13N5O2S/c1-9-7-10(22-18-9)8-23-15-17-16-14-19(2)13(21)11-5-3-4-6-12(11)20(14)15/h3-7H,8H2,1-2H3. The fourth-order valence-corrected chi connectivity index (χ4v) is 3.34. The number of fused-ring (bicyclic) bond motifs is 3. The summed E-state index contributed by atoms with van der Waals surface area (Å²) in [5.41, 5.74) is 1.56. The molecule has 1 aromatic carbocycles. The third-order valence-corrected chi connectivity index (χ3v) is 4.57. The van der Waals surface area contributed by atoms with E-state index in [4.69, 9.17) is 4.52 Å². The third kappa shape index (κ3) is 2.22. The van der Waals surface area contributed by atoms with E-state index in [9.17, 15) is 4.79 Å². The van der Waals surface area contributed by atoms with E-state index in [1.165, 1.54) is 16.3 Å². The number of thioether (sulfide) groups is 1. The maximum absolute atomic E-state index is 12.4. The zero-order valence-corrected chi connectivity index (χ0v) is 13.4. The van der Waals surface area contributed by atoms with Crippen molar-refractivity contribution in [2.75, 3.05) is 0 Å². The van der Waals surface area contributed by atoms with Crippen LogP contribution < -0.4 is 5.56 Å². The summed E-state index contributed by atoms with van der Waals surface area (Å²) < 4.78 is 8.63. The van der Waals surface area contributed by atoms with E-state index >= 15 is 0 Å². The molecule has 0 aliphatic rings. The van der Waals surface area contributed by atoms with Crippen LogP contribution in [0.1, 0.15) is 11.5 Å². The number of hydrogen-bond acceptors (Lipinski definition) is 6. The molecule has 3 heterocycles. The number of aromatic nitrogens is 5. The predicted octanol–water partition coefficient (Wildman–Crippen LogP) is 2.17. The molecule has 4 aromatic rings. The van der Waals surface area contributed by atoms with Gasteiger partial charge in [0.1, 0.15) is 5.76 Å². The van der Waals surface area contributed by atoms with E-state index in [0.29, 0.717) is 22.1 Å². The summed E-state index contributed by atoms with van der Waals surface area (Å²) in [5.74, 6) is 1.89. The van der Waals surface area contributed by atoms with Crippen LogP contribution in [0.25, 0.3) is 16.7 Å².